The normalized spacial score (nSPS) is 11.4. The maximum Gasteiger partial charge on any atom is 0.416 e. The van der Waals surface area contributed by atoms with E-state index >= 15 is 0 Å². The Labute approximate surface area is 162 Å². The summed E-state index contributed by atoms with van der Waals surface area (Å²) in [6, 6.07) is 12.0. The van der Waals surface area contributed by atoms with Crippen molar-refractivity contribution in [1.82, 2.24) is 14.9 Å². The van der Waals surface area contributed by atoms with E-state index in [9.17, 15) is 18.0 Å². The minimum absolute atomic E-state index is 0.0648. The van der Waals surface area contributed by atoms with Gasteiger partial charge in [0.2, 0.25) is 11.1 Å². The van der Waals surface area contributed by atoms with Crippen LogP contribution in [0.25, 0.3) is 11.4 Å². The Morgan fingerprint density at radius 3 is 2.57 bits per heavy atom. The van der Waals surface area contributed by atoms with Crippen molar-refractivity contribution in [1.29, 1.82) is 0 Å². The number of anilines is 1. The fourth-order valence-corrected chi connectivity index (χ4v) is 3.03. The zero-order valence-corrected chi connectivity index (χ0v) is 15.5. The number of carbonyl (C=O) groups is 1. The first-order valence-electron chi connectivity index (χ1n) is 8.11. The van der Waals surface area contributed by atoms with Crippen molar-refractivity contribution < 1.29 is 18.0 Å². The van der Waals surface area contributed by atoms with Crippen LogP contribution in [0.1, 0.15) is 11.1 Å². The van der Waals surface area contributed by atoms with E-state index in [1.165, 1.54) is 16.8 Å². The number of rotatable bonds is 5. The first-order valence-corrected chi connectivity index (χ1v) is 9.10. The molecule has 146 valence electrons. The SMILES string of the molecule is Cc1ccc(-c2nnc(SCC(=O)Nc3cccc(C(F)(F)F)c3)n2N)cc1. The van der Waals surface area contributed by atoms with E-state index in [1.807, 2.05) is 31.2 Å². The molecule has 28 heavy (non-hydrogen) atoms. The molecule has 2 aromatic carbocycles. The largest absolute Gasteiger partial charge is 0.416 e. The molecule has 0 bridgehead atoms. The Kier molecular flexibility index (Phi) is 5.59. The van der Waals surface area contributed by atoms with Crippen LogP contribution in [-0.4, -0.2) is 26.5 Å². The highest BCUT2D eigenvalue weighted by molar-refractivity contribution is 7.99. The van der Waals surface area contributed by atoms with Crippen LogP contribution in [0.4, 0.5) is 18.9 Å². The molecule has 0 atom stereocenters. The van der Waals surface area contributed by atoms with Gasteiger partial charge in [-0.15, -0.1) is 10.2 Å². The number of alkyl halides is 3. The number of carbonyl (C=O) groups excluding carboxylic acids is 1. The summed E-state index contributed by atoms with van der Waals surface area (Å²) in [5.41, 5.74) is 1.10. The number of thioether (sulfide) groups is 1. The average Bonchev–Trinajstić information content (AvgIpc) is 3.01. The van der Waals surface area contributed by atoms with Crippen molar-refractivity contribution in [3.05, 3.63) is 59.7 Å². The lowest BCUT2D eigenvalue weighted by atomic mass is 10.1. The van der Waals surface area contributed by atoms with Crippen LogP contribution in [0.15, 0.2) is 53.7 Å². The lowest BCUT2D eigenvalue weighted by molar-refractivity contribution is -0.137. The Morgan fingerprint density at radius 1 is 1.18 bits per heavy atom. The van der Waals surface area contributed by atoms with Gasteiger partial charge < -0.3 is 11.2 Å². The van der Waals surface area contributed by atoms with Crippen LogP contribution >= 0.6 is 11.8 Å². The number of halogens is 3. The molecule has 1 amide bonds. The fourth-order valence-electron chi connectivity index (χ4n) is 2.38. The van der Waals surface area contributed by atoms with Crippen LogP contribution in [0.5, 0.6) is 0 Å². The second-order valence-corrected chi connectivity index (χ2v) is 6.90. The van der Waals surface area contributed by atoms with Gasteiger partial charge >= 0.3 is 6.18 Å². The van der Waals surface area contributed by atoms with E-state index in [0.29, 0.717) is 11.0 Å². The molecule has 3 aromatic rings. The second kappa shape index (κ2) is 7.93. The Bertz CT molecular complexity index is 986. The predicted molar refractivity (Wildman–Crippen MR) is 101 cm³/mol. The van der Waals surface area contributed by atoms with Crippen molar-refractivity contribution in [2.75, 3.05) is 16.9 Å². The van der Waals surface area contributed by atoms with Crippen molar-refractivity contribution in [3.8, 4) is 11.4 Å². The molecule has 0 aliphatic rings. The minimum Gasteiger partial charge on any atom is -0.335 e. The Morgan fingerprint density at radius 2 is 1.89 bits per heavy atom. The van der Waals surface area contributed by atoms with Crippen LogP contribution in [-0.2, 0) is 11.0 Å². The summed E-state index contributed by atoms with van der Waals surface area (Å²) in [5.74, 6) is 5.87. The van der Waals surface area contributed by atoms with Gasteiger partial charge in [0.15, 0.2) is 5.82 Å². The van der Waals surface area contributed by atoms with Gasteiger partial charge in [-0.25, -0.2) is 4.68 Å². The molecule has 0 aliphatic carbocycles. The average molecular weight is 407 g/mol. The number of aryl methyl sites for hydroxylation is 1. The molecule has 0 spiro atoms. The number of nitrogen functional groups attached to an aromatic ring is 1. The summed E-state index contributed by atoms with van der Waals surface area (Å²) in [6.07, 6.45) is -4.47. The summed E-state index contributed by atoms with van der Waals surface area (Å²) in [4.78, 5) is 12.1. The first-order chi connectivity index (χ1) is 13.2. The van der Waals surface area contributed by atoms with Gasteiger partial charge in [-0.2, -0.15) is 13.2 Å². The highest BCUT2D eigenvalue weighted by Gasteiger charge is 2.30. The Hall–Kier alpha value is -3.01. The van der Waals surface area contributed by atoms with E-state index in [0.717, 1.165) is 35.0 Å². The standard InChI is InChI=1S/C18H16F3N5OS/c1-11-5-7-12(8-6-11)16-24-25-17(26(16)22)28-10-15(27)23-14-4-2-3-13(9-14)18(19,20)21/h2-9H,10,22H2,1H3,(H,23,27). The minimum atomic E-state index is -4.47. The van der Waals surface area contributed by atoms with Crippen molar-refractivity contribution in [3.63, 3.8) is 0 Å². The number of amides is 1. The van der Waals surface area contributed by atoms with Crippen LogP contribution in [0.3, 0.4) is 0 Å². The smallest absolute Gasteiger partial charge is 0.335 e. The van der Waals surface area contributed by atoms with Gasteiger partial charge in [-0.3, -0.25) is 4.79 Å². The summed E-state index contributed by atoms with van der Waals surface area (Å²) in [6.45, 7) is 1.96. The zero-order chi connectivity index (χ0) is 20.3. The second-order valence-electron chi connectivity index (χ2n) is 5.96. The molecule has 0 saturated heterocycles. The molecule has 1 aromatic heterocycles. The molecule has 0 radical (unpaired) electrons. The number of nitrogens with one attached hydrogen (secondary N) is 1. The van der Waals surface area contributed by atoms with E-state index in [2.05, 4.69) is 15.5 Å². The highest BCUT2D eigenvalue weighted by atomic mass is 32.2. The highest BCUT2D eigenvalue weighted by Crippen LogP contribution is 2.30. The number of hydrogen-bond acceptors (Lipinski definition) is 5. The molecule has 10 heteroatoms. The van der Waals surface area contributed by atoms with E-state index in [1.54, 1.807) is 0 Å². The van der Waals surface area contributed by atoms with Gasteiger partial charge in [0.25, 0.3) is 0 Å². The summed E-state index contributed by atoms with van der Waals surface area (Å²) in [5, 5.41) is 10.7. The first kappa shape index (κ1) is 19.7. The van der Waals surface area contributed by atoms with Gasteiger partial charge in [0.05, 0.1) is 11.3 Å². The molecule has 6 nitrogen and oxygen atoms in total. The third kappa shape index (κ3) is 4.63. The molecule has 0 aliphatic heterocycles. The fraction of sp³-hybridized carbons (Fsp3) is 0.167. The molecule has 3 rings (SSSR count). The predicted octanol–water partition coefficient (Wildman–Crippen LogP) is 3.72. The topological polar surface area (TPSA) is 85.8 Å². The third-order valence-corrected chi connectivity index (χ3v) is 4.72. The van der Waals surface area contributed by atoms with Gasteiger partial charge in [-0.1, -0.05) is 47.7 Å². The van der Waals surface area contributed by atoms with Crippen molar-refractivity contribution >= 4 is 23.4 Å². The number of hydrogen-bond donors (Lipinski definition) is 2. The van der Waals surface area contributed by atoms with Gasteiger partial charge in [-0.05, 0) is 25.1 Å². The molecule has 0 unspecified atom stereocenters. The van der Waals surface area contributed by atoms with E-state index < -0.39 is 17.6 Å². The maximum atomic E-state index is 12.7. The zero-order valence-electron chi connectivity index (χ0n) is 14.7. The molecule has 1 heterocycles. The van der Waals surface area contributed by atoms with Crippen LogP contribution in [0, 0.1) is 6.92 Å². The van der Waals surface area contributed by atoms with Crippen molar-refractivity contribution in [2.24, 2.45) is 0 Å². The molecule has 0 saturated carbocycles. The summed E-state index contributed by atoms with van der Waals surface area (Å²) in [7, 11) is 0. The van der Waals surface area contributed by atoms with E-state index in [4.69, 9.17) is 5.84 Å². The lowest BCUT2D eigenvalue weighted by Crippen LogP contribution is -2.17. The monoisotopic (exact) mass is 407 g/mol. The number of nitrogens with two attached hydrogens (primary N) is 1. The molecule has 3 N–H and O–H groups in total. The van der Waals surface area contributed by atoms with Crippen molar-refractivity contribution in [2.45, 2.75) is 18.3 Å². The summed E-state index contributed by atoms with van der Waals surface area (Å²) < 4.78 is 39.5. The van der Waals surface area contributed by atoms with Gasteiger partial charge in [0.1, 0.15) is 0 Å². The molecular weight excluding hydrogens is 391 g/mol. The van der Waals surface area contributed by atoms with Crippen LogP contribution < -0.4 is 11.2 Å². The number of aromatic nitrogens is 3. The number of benzene rings is 2. The molecular formula is C18H16F3N5OS. The third-order valence-electron chi connectivity index (χ3n) is 3.78. The summed E-state index contributed by atoms with van der Waals surface area (Å²) >= 11 is 1.03. The Balaban J connectivity index is 1.63. The van der Waals surface area contributed by atoms with Gasteiger partial charge in [0, 0.05) is 11.3 Å². The maximum absolute atomic E-state index is 12.7. The quantitative estimate of drug-likeness (QED) is 0.497. The van der Waals surface area contributed by atoms with E-state index in [-0.39, 0.29) is 11.4 Å². The number of nitrogens with zero attached hydrogens (tertiary/aromatic N) is 3. The van der Waals surface area contributed by atoms with Crippen LogP contribution in [0.2, 0.25) is 0 Å². The molecule has 0 fully saturated rings. The lowest BCUT2D eigenvalue weighted by Gasteiger charge is -2.09.